The van der Waals surface area contributed by atoms with Gasteiger partial charge in [0.2, 0.25) is 5.91 Å². The van der Waals surface area contributed by atoms with Crippen LogP contribution in [-0.2, 0) is 4.79 Å². The summed E-state index contributed by atoms with van der Waals surface area (Å²) in [5.74, 6) is -0.201. The van der Waals surface area contributed by atoms with Gasteiger partial charge in [0.25, 0.3) is 0 Å². The number of fused-ring (bicyclic) bond motifs is 1. The van der Waals surface area contributed by atoms with Crippen LogP contribution in [0.4, 0.5) is 10.5 Å². The Hall–Kier alpha value is -2.04. The van der Waals surface area contributed by atoms with Crippen molar-refractivity contribution in [1.82, 2.24) is 0 Å². The zero-order valence-corrected chi connectivity index (χ0v) is 7.44. The molecule has 0 fully saturated rings. The van der Waals surface area contributed by atoms with Crippen molar-refractivity contribution in [3.63, 3.8) is 0 Å². The third-order valence-corrected chi connectivity index (χ3v) is 1.75. The zero-order valence-electron chi connectivity index (χ0n) is 7.44. The third-order valence-electron chi connectivity index (χ3n) is 1.75. The first-order chi connectivity index (χ1) is 6.66. The van der Waals surface area contributed by atoms with Gasteiger partial charge in [-0.25, -0.2) is 4.79 Å². The Morgan fingerprint density at radius 1 is 1.36 bits per heavy atom. The van der Waals surface area contributed by atoms with Crippen LogP contribution in [-0.4, -0.2) is 11.9 Å². The monoisotopic (exact) mass is 189 g/mol. The molecule has 0 spiro atoms. The molecule has 1 heterocycles. The summed E-state index contributed by atoms with van der Waals surface area (Å²) in [7, 11) is 0. The molecule has 1 aliphatic rings. The van der Waals surface area contributed by atoms with Gasteiger partial charge in [-0.2, -0.15) is 9.98 Å². The lowest BCUT2D eigenvalue weighted by atomic mass is 10.3. The Bertz CT molecular complexity index is 533. The molecule has 2 rings (SSSR count). The lowest BCUT2D eigenvalue weighted by molar-refractivity contribution is -0.114. The minimum Gasteiger partial charge on any atom is -0.324 e. The van der Waals surface area contributed by atoms with Crippen molar-refractivity contribution >= 4 is 17.6 Å². The first-order valence-electron chi connectivity index (χ1n) is 4.05. The molecule has 5 heteroatoms. The van der Waals surface area contributed by atoms with Crippen molar-refractivity contribution in [3.8, 4) is 0 Å². The summed E-state index contributed by atoms with van der Waals surface area (Å²) in [5.41, 5.74) is 0.518. The molecule has 0 saturated heterocycles. The van der Waals surface area contributed by atoms with Crippen LogP contribution in [0.15, 0.2) is 28.2 Å². The van der Waals surface area contributed by atoms with Gasteiger partial charge in [-0.15, -0.1) is 0 Å². The van der Waals surface area contributed by atoms with Gasteiger partial charge in [-0.1, -0.05) is 6.07 Å². The lowest BCUT2D eigenvalue weighted by Gasteiger charge is -1.99. The van der Waals surface area contributed by atoms with E-state index in [2.05, 4.69) is 15.3 Å². The summed E-state index contributed by atoms with van der Waals surface area (Å²) < 4.78 is 0. The van der Waals surface area contributed by atoms with E-state index in [4.69, 9.17) is 0 Å². The van der Waals surface area contributed by atoms with Crippen molar-refractivity contribution in [1.29, 1.82) is 0 Å². The first-order valence-corrected chi connectivity index (χ1v) is 4.05. The van der Waals surface area contributed by atoms with Crippen LogP contribution >= 0.6 is 0 Å². The van der Waals surface area contributed by atoms with E-state index in [9.17, 15) is 9.59 Å². The SMILES string of the molecule is CC(=O)Nc1cccc2c1=NC(=O)N=2. The maximum Gasteiger partial charge on any atom is 0.368 e. The van der Waals surface area contributed by atoms with Crippen LogP contribution in [0.25, 0.3) is 0 Å². The topological polar surface area (TPSA) is 70.9 Å². The number of para-hydroxylation sites is 1. The van der Waals surface area contributed by atoms with E-state index in [-0.39, 0.29) is 5.91 Å². The molecule has 0 saturated carbocycles. The third kappa shape index (κ3) is 1.39. The number of carbonyl (C=O) groups is 2. The molecule has 0 unspecified atom stereocenters. The maximum absolute atomic E-state index is 10.9. The van der Waals surface area contributed by atoms with Crippen LogP contribution in [0.5, 0.6) is 0 Å². The predicted molar refractivity (Wildman–Crippen MR) is 48.5 cm³/mol. The van der Waals surface area contributed by atoms with Crippen molar-refractivity contribution in [3.05, 3.63) is 28.9 Å². The molecular weight excluding hydrogens is 182 g/mol. The number of benzene rings is 1. The number of carbonyl (C=O) groups excluding carboxylic acids is 2. The van der Waals surface area contributed by atoms with Gasteiger partial charge in [0.05, 0.1) is 11.0 Å². The fourth-order valence-corrected chi connectivity index (χ4v) is 1.25. The first kappa shape index (κ1) is 8.55. The number of nitrogens with one attached hydrogen (secondary N) is 1. The molecule has 0 aliphatic carbocycles. The molecule has 3 amide bonds. The second-order valence-electron chi connectivity index (χ2n) is 2.86. The zero-order chi connectivity index (χ0) is 10.1. The number of anilines is 1. The standard InChI is InChI=1S/C9H7N3O2/c1-5(13)10-6-3-2-4-7-8(6)12-9(14)11-7/h2-4H,1H3,(H,10,13). The fourth-order valence-electron chi connectivity index (χ4n) is 1.25. The number of rotatable bonds is 1. The number of urea groups is 1. The van der Waals surface area contributed by atoms with Gasteiger partial charge in [0, 0.05) is 6.92 Å². The van der Waals surface area contributed by atoms with Crippen LogP contribution in [0, 0.1) is 0 Å². The second kappa shape index (κ2) is 3.02. The Kier molecular flexibility index (Phi) is 1.85. The van der Waals surface area contributed by atoms with Crippen molar-refractivity contribution in [2.45, 2.75) is 6.92 Å². The van der Waals surface area contributed by atoms with E-state index in [1.165, 1.54) is 6.92 Å². The Morgan fingerprint density at radius 2 is 2.14 bits per heavy atom. The number of hydrogen-bond donors (Lipinski definition) is 1. The number of amides is 3. The highest BCUT2D eigenvalue weighted by Gasteiger charge is 2.08. The molecule has 1 aromatic rings. The van der Waals surface area contributed by atoms with Gasteiger partial charge in [-0.3, -0.25) is 4.79 Å². The number of nitrogens with zero attached hydrogens (tertiary/aromatic N) is 2. The molecule has 1 N–H and O–H groups in total. The Morgan fingerprint density at radius 3 is 2.86 bits per heavy atom. The fraction of sp³-hybridized carbons (Fsp3) is 0.111. The Balaban J connectivity index is 2.62. The van der Waals surface area contributed by atoms with Crippen LogP contribution < -0.4 is 16.0 Å². The Labute approximate surface area is 79.2 Å². The van der Waals surface area contributed by atoms with E-state index >= 15 is 0 Å². The van der Waals surface area contributed by atoms with E-state index in [0.717, 1.165) is 0 Å². The van der Waals surface area contributed by atoms with E-state index < -0.39 is 6.03 Å². The highest BCUT2D eigenvalue weighted by molar-refractivity contribution is 5.89. The summed E-state index contributed by atoms with van der Waals surface area (Å²) in [6.45, 7) is 1.40. The molecule has 1 aliphatic heterocycles. The van der Waals surface area contributed by atoms with E-state index in [1.54, 1.807) is 18.2 Å². The van der Waals surface area contributed by atoms with Gasteiger partial charge in [0.15, 0.2) is 0 Å². The molecule has 0 radical (unpaired) electrons. The van der Waals surface area contributed by atoms with Crippen LogP contribution in [0.2, 0.25) is 0 Å². The largest absolute Gasteiger partial charge is 0.368 e. The average molecular weight is 189 g/mol. The van der Waals surface area contributed by atoms with Crippen molar-refractivity contribution in [2.24, 2.45) is 9.98 Å². The molecule has 5 nitrogen and oxygen atoms in total. The average Bonchev–Trinajstić information content (AvgIpc) is 2.45. The van der Waals surface area contributed by atoms with Gasteiger partial charge in [-0.05, 0) is 12.1 Å². The molecular formula is C9H7N3O2. The minimum absolute atomic E-state index is 0.201. The summed E-state index contributed by atoms with van der Waals surface area (Å²) >= 11 is 0. The number of hydrogen-bond acceptors (Lipinski definition) is 2. The molecule has 70 valence electrons. The lowest BCUT2D eigenvalue weighted by Crippen LogP contribution is -2.26. The minimum atomic E-state index is -0.530. The summed E-state index contributed by atoms with van der Waals surface area (Å²) in [6, 6.07) is 4.53. The smallest absolute Gasteiger partial charge is 0.324 e. The van der Waals surface area contributed by atoms with Crippen LogP contribution in [0.1, 0.15) is 6.92 Å². The summed E-state index contributed by atoms with van der Waals surface area (Å²) in [6.07, 6.45) is 0. The molecule has 14 heavy (non-hydrogen) atoms. The maximum atomic E-state index is 10.9. The van der Waals surface area contributed by atoms with Crippen molar-refractivity contribution in [2.75, 3.05) is 5.32 Å². The summed E-state index contributed by atoms with van der Waals surface area (Å²) in [4.78, 5) is 29.1. The van der Waals surface area contributed by atoms with Gasteiger partial charge in [0.1, 0.15) is 5.36 Å². The summed E-state index contributed by atoms with van der Waals surface area (Å²) in [5, 5.41) is 3.52. The predicted octanol–water partition coefficient (Wildman–Crippen LogP) is 0.0178. The quantitative estimate of drug-likeness (QED) is 0.676. The molecule has 0 bridgehead atoms. The van der Waals surface area contributed by atoms with Crippen molar-refractivity contribution < 1.29 is 9.59 Å². The molecule has 1 aromatic carbocycles. The van der Waals surface area contributed by atoms with Gasteiger partial charge < -0.3 is 5.32 Å². The van der Waals surface area contributed by atoms with E-state index in [1.807, 2.05) is 0 Å². The van der Waals surface area contributed by atoms with Crippen LogP contribution in [0.3, 0.4) is 0 Å². The highest BCUT2D eigenvalue weighted by Crippen LogP contribution is 1.98. The van der Waals surface area contributed by atoms with Gasteiger partial charge >= 0.3 is 6.03 Å². The highest BCUT2D eigenvalue weighted by atomic mass is 16.2. The molecule has 0 atom stereocenters. The normalized spacial score (nSPS) is 12.8. The molecule has 0 aromatic heterocycles. The van der Waals surface area contributed by atoms with E-state index in [0.29, 0.717) is 16.4 Å². The second-order valence-corrected chi connectivity index (χ2v) is 2.86.